The first-order valence-corrected chi connectivity index (χ1v) is 7.44. The number of halogens is 2. The van der Waals surface area contributed by atoms with E-state index in [1.807, 2.05) is 6.92 Å². The highest BCUT2D eigenvalue weighted by Gasteiger charge is 2.25. The van der Waals surface area contributed by atoms with Crippen molar-refractivity contribution in [3.63, 3.8) is 0 Å². The second-order valence-electron chi connectivity index (χ2n) is 6.20. The highest BCUT2D eigenvalue weighted by molar-refractivity contribution is 5.20. The molecule has 1 fully saturated rings. The Morgan fingerprint density at radius 2 is 1.86 bits per heavy atom. The second-order valence-corrected chi connectivity index (χ2v) is 6.20. The molecule has 0 saturated carbocycles. The SMILES string of the molecule is CC1(O)CCCN(CCC(O)c2cc(F)cc(F)c2)CC1. The Bertz CT molecular complexity index is 459. The Balaban J connectivity index is 1.87. The molecular formula is C16H23F2NO2. The van der Waals surface area contributed by atoms with E-state index < -0.39 is 23.3 Å². The summed E-state index contributed by atoms with van der Waals surface area (Å²) in [4.78, 5) is 2.18. The molecule has 0 amide bonds. The normalized spacial score (nSPS) is 25.6. The molecule has 21 heavy (non-hydrogen) atoms. The van der Waals surface area contributed by atoms with E-state index in [1.54, 1.807) is 0 Å². The Labute approximate surface area is 124 Å². The highest BCUT2D eigenvalue weighted by atomic mass is 19.1. The lowest BCUT2D eigenvalue weighted by Crippen LogP contribution is -2.29. The molecule has 0 aromatic heterocycles. The van der Waals surface area contributed by atoms with E-state index in [0.717, 1.165) is 32.0 Å². The number of rotatable bonds is 4. The van der Waals surface area contributed by atoms with Crippen LogP contribution in [-0.2, 0) is 0 Å². The maximum absolute atomic E-state index is 13.1. The van der Waals surface area contributed by atoms with Crippen molar-refractivity contribution in [3.8, 4) is 0 Å². The molecule has 0 radical (unpaired) electrons. The fourth-order valence-electron chi connectivity index (χ4n) is 2.78. The van der Waals surface area contributed by atoms with Gasteiger partial charge >= 0.3 is 0 Å². The van der Waals surface area contributed by atoms with Crippen LogP contribution in [0, 0.1) is 11.6 Å². The minimum atomic E-state index is -0.876. The molecule has 1 heterocycles. The number of benzene rings is 1. The molecule has 2 N–H and O–H groups in total. The van der Waals surface area contributed by atoms with E-state index in [1.165, 1.54) is 12.1 Å². The van der Waals surface area contributed by atoms with Crippen LogP contribution in [0.25, 0.3) is 0 Å². The zero-order chi connectivity index (χ0) is 15.5. The van der Waals surface area contributed by atoms with Crippen LogP contribution in [0.2, 0.25) is 0 Å². The molecule has 1 aromatic carbocycles. The van der Waals surface area contributed by atoms with Crippen molar-refractivity contribution in [3.05, 3.63) is 35.4 Å². The van der Waals surface area contributed by atoms with Gasteiger partial charge in [0.25, 0.3) is 0 Å². The summed E-state index contributed by atoms with van der Waals surface area (Å²) in [6.07, 6.45) is 1.95. The Hall–Kier alpha value is -1.04. The van der Waals surface area contributed by atoms with Gasteiger partial charge in [0.15, 0.2) is 0 Å². The monoisotopic (exact) mass is 299 g/mol. The van der Waals surface area contributed by atoms with Gasteiger partial charge in [-0.15, -0.1) is 0 Å². The van der Waals surface area contributed by atoms with Gasteiger partial charge in [-0.2, -0.15) is 0 Å². The van der Waals surface area contributed by atoms with Crippen LogP contribution in [0.1, 0.15) is 44.3 Å². The molecule has 118 valence electrons. The van der Waals surface area contributed by atoms with Crippen molar-refractivity contribution in [1.82, 2.24) is 4.90 Å². The van der Waals surface area contributed by atoms with Gasteiger partial charge in [-0.3, -0.25) is 0 Å². The van der Waals surface area contributed by atoms with Gasteiger partial charge in [-0.25, -0.2) is 8.78 Å². The van der Waals surface area contributed by atoms with Gasteiger partial charge in [-0.1, -0.05) is 0 Å². The smallest absolute Gasteiger partial charge is 0.126 e. The highest BCUT2D eigenvalue weighted by Crippen LogP contribution is 2.23. The summed E-state index contributed by atoms with van der Waals surface area (Å²) < 4.78 is 26.3. The minimum Gasteiger partial charge on any atom is -0.390 e. The molecule has 2 atom stereocenters. The van der Waals surface area contributed by atoms with Crippen LogP contribution in [0.4, 0.5) is 8.78 Å². The molecule has 0 bridgehead atoms. The summed E-state index contributed by atoms with van der Waals surface area (Å²) >= 11 is 0. The lowest BCUT2D eigenvalue weighted by atomic mass is 9.98. The number of aliphatic hydroxyl groups is 2. The van der Waals surface area contributed by atoms with Gasteiger partial charge in [0, 0.05) is 19.2 Å². The molecule has 1 aromatic rings. The van der Waals surface area contributed by atoms with Crippen molar-refractivity contribution in [1.29, 1.82) is 0 Å². The van der Waals surface area contributed by atoms with Crippen LogP contribution in [0.15, 0.2) is 18.2 Å². The zero-order valence-corrected chi connectivity index (χ0v) is 12.4. The van der Waals surface area contributed by atoms with Crippen LogP contribution < -0.4 is 0 Å². The first-order chi connectivity index (χ1) is 9.85. The van der Waals surface area contributed by atoms with E-state index >= 15 is 0 Å². The van der Waals surface area contributed by atoms with Crippen LogP contribution >= 0.6 is 0 Å². The molecule has 2 unspecified atom stereocenters. The second kappa shape index (κ2) is 6.81. The minimum absolute atomic E-state index is 0.273. The summed E-state index contributed by atoms with van der Waals surface area (Å²) in [6.45, 7) is 4.15. The van der Waals surface area contributed by atoms with Gasteiger partial charge in [0.05, 0.1) is 11.7 Å². The standard InChI is InChI=1S/C16H23F2NO2/c1-16(21)4-2-6-19(8-5-16)7-3-15(20)12-9-13(17)11-14(18)10-12/h9-11,15,20-21H,2-8H2,1H3. The average molecular weight is 299 g/mol. The third-order valence-electron chi connectivity index (χ3n) is 4.14. The lowest BCUT2D eigenvalue weighted by Gasteiger charge is -2.23. The van der Waals surface area contributed by atoms with Gasteiger partial charge < -0.3 is 15.1 Å². The zero-order valence-electron chi connectivity index (χ0n) is 12.4. The van der Waals surface area contributed by atoms with Crippen LogP contribution in [-0.4, -0.2) is 40.3 Å². The maximum atomic E-state index is 13.1. The fraction of sp³-hybridized carbons (Fsp3) is 0.625. The lowest BCUT2D eigenvalue weighted by molar-refractivity contribution is 0.0441. The topological polar surface area (TPSA) is 43.7 Å². The number of aliphatic hydroxyl groups excluding tert-OH is 1. The summed E-state index contributed by atoms with van der Waals surface area (Å²) in [7, 11) is 0. The third-order valence-corrected chi connectivity index (χ3v) is 4.14. The number of hydrogen-bond donors (Lipinski definition) is 2. The summed E-state index contributed by atoms with van der Waals surface area (Å²) in [5.74, 6) is -1.34. The maximum Gasteiger partial charge on any atom is 0.126 e. The Morgan fingerprint density at radius 3 is 2.52 bits per heavy atom. The van der Waals surface area contributed by atoms with E-state index in [4.69, 9.17) is 0 Å². The predicted molar refractivity (Wildman–Crippen MR) is 76.8 cm³/mol. The molecule has 5 heteroatoms. The van der Waals surface area contributed by atoms with Crippen molar-refractivity contribution in [2.24, 2.45) is 0 Å². The Kier molecular flexibility index (Phi) is 5.30. The first-order valence-electron chi connectivity index (χ1n) is 7.44. The van der Waals surface area contributed by atoms with Crippen molar-refractivity contribution < 1.29 is 19.0 Å². The van der Waals surface area contributed by atoms with E-state index in [0.29, 0.717) is 19.4 Å². The van der Waals surface area contributed by atoms with Crippen molar-refractivity contribution >= 4 is 0 Å². The molecule has 1 saturated heterocycles. The molecule has 0 spiro atoms. The average Bonchev–Trinajstić information content (AvgIpc) is 2.56. The summed E-state index contributed by atoms with van der Waals surface area (Å²) in [6, 6.07) is 3.13. The molecule has 0 aliphatic carbocycles. The molecular weight excluding hydrogens is 276 g/mol. The van der Waals surface area contributed by atoms with Gasteiger partial charge in [0.1, 0.15) is 11.6 Å². The van der Waals surface area contributed by atoms with Crippen LogP contribution in [0.5, 0.6) is 0 Å². The van der Waals surface area contributed by atoms with E-state index in [-0.39, 0.29) is 5.56 Å². The third kappa shape index (κ3) is 5.02. The molecule has 1 aliphatic rings. The largest absolute Gasteiger partial charge is 0.390 e. The summed E-state index contributed by atoms with van der Waals surface area (Å²) in [5.41, 5.74) is -0.340. The fourth-order valence-corrected chi connectivity index (χ4v) is 2.78. The van der Waals surface area contributed by atoms with Crippen molar-refractivity contribution in [2.75, 3.05) is 19.6 Å². The Morgan fingerprint density at radius 1 is 1.19 bits per heavy atom. The molecule has 2 rings (SSSR count). The number of hydrogen-bond acceptors (Lipinski definition) is 3. The van der Waals surface area contributed by atoms with E-state index in [2.05, 4.69) is 4.90 Å². The summed E-state index contributed by atoms with van der Waals surface area (Å²) in [5, 5.41) is 20.1. The van der Waals surface area contributed by atoms with E-state index in [9.17, 15) is 19.0 Å². The number of nitrogens with zero attached hydrogens (tertiary/aromatic N) is 1. The van der Waals surface area contributed by atoms with Gasteiger partial charge in [-0.05, 0) is 56.8 Å². The predicted octanol–water partition coefficient (Wildman–Crippen LogP) is 2.63. The number of likely N-dealkylation sites (tertiary alicyclic amines) is 1. The quantitative estimate of drug-likeness (QED) is 0.898. The molecule has 1 aliphatic heterocycles. The molecule has 3 nitrogen and oxygen atoms in total. The van der Waals surface area contributed by atoms with Crippen molar-refractivity contribution in [2.45, 2.75) is 44.3 Å². The van der Waals surface area contributed by atoms with Crippen LogP contribution in [0.3, 0.4) is 0 Å². The van der Waals surface area contributed by atoms with Gasteiger partial charge in [0.2, 0.25) is 0 Å². The first kappa shape index (κ1) is 16.3.